The first-order chi connectivity index (χ1) is 25.8. The number of allylic oxidation sites excluding steroid dienone is 1. The van der Waals surface area contributed by atoms with Crippen molar-refractivity contribution in [2.24, 2.45) is 16.7 Å². The zero-order valence-electron chi connectivity index (χ0n) is 32.1. The molecule has 0 atom stereocenters. The number of Topliss-reactive ketones (excluding diaryl/α,β-unsaturated/α-hetero) is 1. The first-order valence-corrected chi connectivity index (χ1v) is 19.6. The highest BCUT2D eigenvalue weighted by Gasteiger charge is 2.64. The minimum Gasteiger partial charge on any atom is -0.489 e. The van der Waals surface area contributed by atoms with Gasteiger partial charge in [0.25, 0.3) is 5.91 Å². The Labute approximate surface area is 323 Å². The molecule has 0 bridgehead atoms. The van der Waals surface area contributed by atoms with E-state index in [1.54, 1.807) is 24.3 Å². The molecule has 12 heteroatoms. The highest BCUT2D eigenvalue weighted by Crippen LogP contribution is 2.55. The maximum atomic E-state index is 13.4. The lowest BCUT2D eigenvalue weighted by Crippen LogP contribution is -2.74. The summed E-state index contributed by atoms with van der Waals surface area (Å²) in [6, 6.07) is 10.8. The van der Waals surface area contributed by atoms with Gasteiger partial charge in [-0.2, -0.15) is 0 Å². The molecular weight excluding hydrogens is 700 g/mol. The van der Waals surface area contributed by atoms with E-state index >= 15 is 0 Å². The number of benzene rings is 1. The number of anilines is 1. The maximum absolute atomic E-state index is 13.4. The summed E-state index contributed by atoms with van der Waals surface area (Å²) in [7, 11) is 0. The molecule has 3 fully saturated rings. The summed E-state index contributed by atoms with van der Waals surface area (Å²) in [5.41, 5.74) is 4.03. The van der Waals surface area contributed by atoms with E-state index in [1.165, 1.54) is 5.56 Å². The van der Waals surface area contributed by atoms with Crippen molar-refractivity contribution < 1.29 is 14.3 Å². The van der Waals surface area contributed by atoms with Gasteiger partial charge in [-0.05, 0) is 72.2 Å². The predicted molar refractivity (Wildman–Crippen MR) is 211 cm³/mol. The molecule has 1 N–H and O–H groups in total. The van der Waals surface area contributed by atoms with Crippen molar-refractivity contribution in [1.29, 1.82) is 0 Å². The third-order valence-electron chi connectivity index (χ3n) is 12.1. The summed E-state index contributed by atoms with van der Waals surface area (Å²) < 4.78 is 6.37. The number of nitrogens with zero attached hydrogens (tertiary/aromatic N) is 7. The van der Waals surface area contributed by atoms with Crippen LogP contribution in [0.3, 0.4) is 0 Å². The number of pyridine rings is 1. The fourth-order valence-electron chi connectivity index (χ4n) is 9.27. The van der Waals surface area contributed by atoms with E-state index in [9.17, 15) is 9.59 Å². The Hall–Kier alpha value is -4.37. The molecule has 11 nitrogen and oxygen atoms in total. The normalized spacial score (nSPS) is 22.8. The third-order valence-corrected chi connectivity index (χ3v) is 12.4. The van der Waals surface area contributed by atoms with Crippen molar-refractivity contribution in [1.82, 2.24) is 30.3 Å². The fourth-order valence-corrected chi connectivity index (χ4v) is 9.48. The van der Waals surface area contributed by atoms with Crippen LogP contribution in [0, 0.1) is 23.3 Å². The molecule has 1 saturated carbocycles. The van der Waals surface area contributed by atoms with Gasteiger partial charge in [0, 0.05) is 81.8 Å². The van der Waals surface area contributed by atoms with E-state index < -0.39 is 0 Å². The Morgan fingerprint density at radius 3 is 2.37 bits per heavy atom. The van der Waals surface area contributed by atoms with Crippen LogP contribution in [-0.4, -0.2) is 94.6 Å². The van der Waals surface area contributed by atoms with E-state index in [1.807, 2.05) is 25.3 Å². The van der Waals surface area contributed by atoms with E-state index in [2.05, 4.69) is 73.8 Å². The molecule has 284 valence electrons. The number of piperidine rings is 1. The number of piperazine rings is 1. The minimum absolute atomic E-state index is 0.157. The molecule has 1 aromatic carbocycles. The molecular formula is C42H51ClN8O3. The predicted octanol–water partition coefficient (Wildman–Crippen LogP) is 6.64. The van der Waals surface area contributed by atoms with Gasteiger partial charge in [-0.3, -0.25) is 19.5 Å². The van der Waals surface area contributed by atoms with Crippen LogP contribution in [0.25, 0.3) is 10.9 Å². The zero-order chi connectivity index (χ0) is 38.2. The Bertz CT molecular complexity index is 1940. The van der Waals surface area contributed by atoms with Crippen LogP contribution >= 0.6 is 11.6 Å². The fraction of sp³-hybridized carbons (Fsp3) is 0.524. The summed E-state index contributed by atoms with van der Waals surface area (Å²) in [6.45, 7) is 25.6. The Morgan fingerprint density at radius 2 is 1.72 bits per heavy atom. The van der Waals surface area contributed by atoms with Crippen molar-refractivity contribution in [2.75, 3.05) is 50.7 Å². The average Bonchev–Trinajstić information content (AvgIpc) is 3.16. The van der Waals surface area contributed by atoms with Gasteiger partial charge in [0.1, 0.15) is 11.9 Å². The highest BCUT2D eigenvalue weighted by atomic mass is 35.5. The van der Waals surface area contributed by atoms with Crippen LogP contribution < -0.4 is 15.0 Å². The Kier molecular flexibility index (Phi) is 10.8. The topological polar surface area (TPSA) is 108 Å². The number of halogens is 1. The molecule has 2 aromatic heterocycles. The number of aromatic nitrogens is 3. The lowest BCUT2D eigenvalue weighted by molar-refractivity contribution is -0.164. The first-order valence-electron chi connectivity index (χ1n) is 19.2. The monoisotopic (exact) mass is 750 g/mol. The Balaban J connectivity index is 0.846. The minimum atomic E-state index is -0.365. The molecule has 4 aliphatic rings. The van der Waals surface area contributed by atoms with Crippen molar-refractivity contribution in [2.45, 2.75) is 79.0 Å². The smallest absolute Gasteiger partial charge is 0.272 e. The van der Waals surface area contributed by atoms with Gasteiger partial charge in [-0.25, -0.2) is 4.85 Å². The number of ether oxygens (including phenoxy) is 1. The van der Waals surface area contributed by atoms with E-state index in [0.29, 0.717) is 34.5 Å². The van der Waals surface area contributed by atoms with Crippen LogP contribution in [-0.2, 0) is 17.8 Å². The van der Waals surface area contributed by atoms with Crippen molar-refractivity contribution in [3.63, 3.8) is 0 Å². The van der Waals surface area contributed by atoms with Crippen LogP contribution in [0.4, 0.5) is 11.5 Å². The molecule has 0 spiro atoms. The van der Waals surface area contributed by atoms with Gasteiger partial charge >= 0.3 is 0 Å². The number of hydrogen-bond acceptors (Lipinski definition) is 9. The Morgan fingerprint density at radius 1 is 1.00 bits per heavy atom. The number of rotatable bonds is 10. The molecule has 7 rings (SSSR count). The van der Waals surface area contributed by atoms with Gasteiger partial charge in [-0.1, -0.05) is 58.4 Å². The van der Waals surface area contributed by atoms with Crippen LogP contribution in [0.15, 0.2) is 48.2 Å². The maximum Gasteiger partial charge on any atom is 0.272 e. The number of carbonyl (C=O) groups excluding carboxylic acids is 2. The van der Waals surface area contributed by atoms with E-state index in [0.717, 1.165) is 94.3 Å². The highest BCUT2D eigenvalue weighted by molar-refractivity contribution is 6.33. The molecule has 2 saturated heterocycles. The third kappa shape index (κ3) is 7.75. The second kappa shape index (κ2) is 15.4. The summed E-state index contributed by atoms with van der Waals surface area (Å²) in [5.74, 6) is 2.03. The summed E-state index contributed by atoms with van der Waals surface area (Å²) >= 11 is 6.25. The number of amides is 1. The molecule has 0 radical (unpaired) electrons. The molecule has 2 aliphatic heterocycles. The van der Waals surface area contributed by atoms with Crippen molar-refractivity contribution >= 4 is 40.9 Å². The van der Waals surface area contributed by atoms with Crippen molar-refractivity contribution in [3.8, 4) is 5.75 Å². The van der Waals surface area contributed by atoms with Gasteiger partial charge in [0.15, 0.2) is 17.3 Å². The number of hydrogen-bond donors (Lipinski definition) is 1. The second-order valence-corrected chi connectivity index (χ2v) is 17.0. The lowest BCUT2D eigenvalue weighted by Gasteiger charge is -2.63. The molecule has 3 aromatic rings. The number of fused-ring (bicyclic) bond motifs is 1. The second-order valence-electron chi connectivity index (χ2n) is 16.6. The van der Waals surface area contributed by atoms with Gasteiger partial charge < -0.3 is 19.9 Å². The zero-order valence-corrected chi connectivity index (χ0v) is 32.8. The SMILES string of the molecule is [C-]#[N+]c1ccc(OC2C(C)(C)C(NC(=O)c3ccc(N4CCC(CN5CCN(Cc6cnc7c(c6)CC(=O)C(CC)=C7)CC5)CC4)nn3)C2(C)C)cc1Cl. The molecule has 1 amide bonds. The number of ketones is 1. The average molecular weight is 751 g/mol. The van der Waals surface area contributed by atoms with E-state index in [-0.39, 0.29) is 34.7 Å². The summed E-state index contributed by atoms with van der Waals surface area (Å²) in [6.07, 6.45) is 7.18. The first kappa shape index (κ1) is 37.9. The van der Waals surface area contributed by atoms with Crippen LogP contribution in [0.2, 0.25) is 5.02 Å². The van der Waals surface area contributed by atoms with E-state index in [4.69, 9.17) is 22.9 Å². The molecule has 0 unspecified atom stereocenters. The van der Waals surface area contributed by atoms with Crippen LogP contribution in [0.1, 0.15) is 81.2 Å². The largest absolute Gasteiger partial charge is 0.489 e. The van der Waals surface area contributed by atoms with Crippen molar-refractivity contribution in [3.05, 3.63) is 87.1 Å². The summed E-state index contributed by atoms with van der Waals surface area (Å²) in [5, 5.41) is 12.4. The number of nitrogens with one attached hydrogen (secondary N) is 1. The molecule has 2 aliphatic carbocycles. The number of carbonyl (C=O) groups is 2. The molecule has 4 heterocycles. The van der Waals surface area contributed by atoms with Crippen LogP contribution in [0.5, 0.6) is 5.75 Å². The summed E-state index contributed by atoms with van der Waals surface area (Å²) in [4.78, 5) is 41.3. The molecule has 54 heavy (non-hydrogen) atoms. The standard InChI is InChI=1S/C42H51ClN8O3/c1-7-29-21-35-30(22-36(29)52)20-28(24-45-35)26-50-18-16-49(17-19-50)25-27-12-14-51(15-13-27)37-11-10-34(47-48-37)38(53)46-39-41(2,3)40(42(39,4)5)54-31-8-9-33(44-6)32(43)23-31/h8-11,20-21,23-24,27,39-40H,7,12-19,22,25-26H2,1-5H3,(H,46,53). The van der Waals surface area contributed by atoms with Gasteiger partial charge in [0.2, 0.25) is 5.69 Å². The van der Waals surface area contributed by atoms with Gasteiger partial charge in [0.05, 0.1) is 17.3 Å². The van der Waals surface area contributed by atoms with Gasteiger partial charge in [-0.15, -0.1) is 10.2 Å². The quantitative estimate of drug-likeness (QED) is 0.228. The lowest BCUT2D eigenvalue weighted by atomic mass is 9.49.